The van der Waals surface area contributed by atoms with Gasteiger partial charge in [-0.1, -0.05) is 37.1 Å². The Morgan fingerprint density at radius 2 is 1.76 bits per heavy atom. The van der Waals surface area contributed by atoms with Crippen LogP contribution in [0.5, 0.6) is 0 Å². The standard InChI is InChI=1S/C22H22FN3O3/c23-15-7-6-8-16(13-15)24-20(27)14-19-21(28)26(18-9-2-1-3-10-18)22(29)25(19)17-11-4-5-12-17/h1-3,6-10,13,17,19H,4-5,11-12,14H2,(H,24,27). The fraction of sp³-hybridized carbons (Fsp3) is 0.318. The van der Waals surface area contributed by atoms with E-state index in [0.29, 0.717) is 11.4 Å². The minimum atomic E-state index is -0.862. The van der Waals surface area contributed by atoms with Crippen molar-refractivity contribution in [2.45, 2.75) is 44.2 Å². The lowest BCUT2D eigenvalue weighted by Gasteiger charge is -2.27. The molecule has 1 N–H and O–H groups in total. The fourth-order valence-electron chi connectivity index (χ4n) is 4.16. The van der Waals surface area contributed by atoms with Gasteiger partial charge in [0.1, 0.15) is 11.9 Å². The van der Waals surface area contributed by atoms with Crippen LogP contribution in [0.3, 0.4) is 0 Å². The van der Waals surface area contributed by atoms with Crippen molar-refractivity contribution in [3.63, 3.8) is 0 Å². The molecule has 0 aromatic heterocycles. The monoisotopic (exact) mass is 395 g/mol. The van der Waals surface area contributed by atoms with Crippen LogP contribution in [0.1, 0.15) is 32.1 Å². The van der Waals surface area contributed by atoms with Gasteiger partial charge >= 0.3 is 6.03 Å². The molecule has 7 heteroatoms. The predicted octanol–water partition coefficient (Wildman–Crippen LogP) is 3.93. The number of para-hydroxylation sites is 1. The first kappa shape index (κ1) is 19.1. The number of urea groups is 1. The van der Waals surface area contributed by atoms with Crippen LogP contribution in [-0.2, 0) is 9.59 Å². The highest BCUT2D eigenvalue weighted by atomic mass is 19.1. The average molecular weight is 395 g/mol. The van der Waals surface area contributed by atoms with Gasteiger partial charge in [0, 0.05) is 11.7 Å². The number of hydrogen-bond acceptors (Lipinski definition) is 3. The summed E-state index contributed by atoms with van der Waals surface area (Å²) in [6.45, 7) is 0. The smallest absolute Gasteiger partial charge is 0.326 e. The molecule has 1 saturated heterocycles. The molecule has 0 bridgehead atoms. The van der Waals surface area contributed by atoms with Gasteiger partial charge in [-0.3, -0.25) is 9.59 Å². The molecule has 2 aliphatic rings. The van der Waals surface area contributed by atoms with Gasteiger partial charge in [-0.2, -0.15) is 0 Å². The summed E-state index contributed by atoms with van der Waals surface area (Å²) in [6, 6.07) is 13.0. The molecule has 1 aliphatic heterocycles. The van der Waals surface area contributed by atoms with Crippen LogP contribution < -0.4 is 10.2 Å². The summed E-state index contributed by atoms with van der Waals surface area (Å²) in [7, 11) is 0. The molecule has 1 atom stereocenters. The molecule has 6 nitrogen and oxygen atoms in total. The minimum absolute atomic E-state index is 0.0490. The van der Waals surface area contributed by atoms with Crippen LogP contribution in [0, 0.1) is 5.82 Å². The number of imide groups is 1. The molecule has 1 saturated carbocycles. The number of rotatable bonds is 5. The topological polar surface area (TPSA) is 69.7 Å². The second-order valence-corrected chi connectivity index (χ2v) is 7.42. The fourth-order valence-corrected chi connectivity index (χ4v) is 4.16. The molecule has 1 unspecified atom stereocenters. The average Bonchev–Trinajstić information content (AvgIpc) is 3.30. The lowest BCUT2D eigenvalue weighted by atomic mass is 10.1. The highest BCUT2D eigenvalue weighted by Crippen LogP contribution is 2.34. The van der Waals surface area contributed by atoms with Crippen LogP contribution in [0.2, 0.25) is 0 Å². The van der Waals surface area contributed by atoms with Gasteiger partial charge in [0.25, 0.3) is 5.91 Å². The van der Waals surface area contributed by atoms with Crippen LogP contribution in [0.25, 0.3) is 0 Å². The molecular weight excluding hydrogens is 373 g/mol. The summed E-state index contributed by atoms with van der Waals surface area (Å²) < 4.78 is 13.4. The summed E-state index contributed by atoms with van der Waals surface area (Å²) in [5.41, 5.74) is 0.817. The SMILES string of the molecule is O=C(CC1C(=O)N(c2ccccc2)C(=O)N1C1CCCC1)Nc1cccc(F)c1. The van der Waals surface area contributed by atoms with E-state index in [2.05, 4.69) is 5.32 Å². The van der Waals surface area contributed by atoms with E-state index in [1.807, 2.05) is 6.07 Å². The number of carbonyl (C=O) groups is 3. The molecule has 0 spiro atoms. The van der Waals surface area contributed by atoms with Crippen molar-refractivity contribution in [2.24, 2.45) is 0 Å². The molecule has 4 rings (SSSR count). The van der Waals surface area contributed by atoms with Gasteiger partial charge in [-0.05, 0) is 43.2 Å². The Morgan fingerprint density at radius 1 is 1.03 bits per heavy atom. The molecule has 1 aliphatic carbocycles. The van der Waals surface area contributed by atoms with Crippen molar-refractivity contribution in [3.8, 4) is 0 Å². The minimum Gasteiger partial charge on any atom is -0.326 e. The van der Waals surface area contributed by atoms with Gasteiger partial charge in [0.2, 0.25) is 5.91 Å². The van der Waals surface area contributed by atoms with Crippen molar-refractivity contribution < 1.29 is 18.8 Å². The van der Waals surface area contributed by atoms with Crippen molar-refractivity contribution >= 4 is 29.2 Å². The van der Waals surface area contributed by atoms with E-state index in [9.17, 15) is 18.8 Å². The predicted molar refractivity (Wildman–Crippen MR) is 107 cm³/mol. The summed E-state index contributed by atoms with van der Waals surface area (Å²) >= 11 is 0. The van der Waals surface area contributed by atoms with Crippen molar-refractivity contribution in [1.82, 2.24) is 4.90 Å². The Morgan fingerprint density at radius 3 is 2.45 bits per heavy atom. The van der Waals surface area contributed by atoms with E-state index in [1.54, 1.807) is 35.2 Å². The number of carbonyl (C=O) groups excluding carboxylic acids is 3. The highest BCUT2D eigenvalue weighted by Gasteiger charge is 2.49. The quantitative estimate of drug-likeness (QED) is 0.780. The second kappa shape index (κ2) is 8.03. The number of hydrogen-bond donors (Lipinski definition) is 1. The lowest BCUT2D eigenvalue weighted by Crippen LogP contribution is -2.43. The number of benzene rings is 2. The van der Waals surface area contributed by atoms with E-state index in [-0.39, 0.29) is 18.5 Å². The Bertz CT molecular complexity index is 928. The van der Waals surface area contributed by atoms with Crippen molar-refractivity contribution in [2.75, 3.05) is 10.2 Å². The van der Waals surface area contributed by atoms with Gasteiger partial charge in [-0.25, -0.2) is 14.1 Å². The molecule has 150 valence electrons. The van der Waals surface area contributed by atoms with Crippen LogP contribution >= 0.6 is 0 Å². The van der Waals surface area contributed by atoms with Crippen LogP contribution in [-0.4, -0.2) is 34.8 Å². The van der Waals surface area contributed by atoms with E-state index < -0.39 is 23.7 Å². The molecule has 29 heavy (non-hydrogen) atoms. The number of nitrogens with one attached hydrogen (secondary N) is 1. The Hall–Kier alpha value is -3.22. The normalized spacial score (nSPS) is 19.8. The van der Waals surface area contributed by atoms with Crippen LogP contribution in [0.4, 0.5) is 20.6 Å². The molecular formula is C22H22FN3O3. The zero-order valence-corrected chi connectivity index (χ0v) is 15.9. The van der Waals surface area contributed by atoms with E-state index in [0.717, 1.165) is 25.7 Å². The van der Waals surface area contributed by atoms with E-state index in [1.165, 1.54) is 23.1 Å². The van der Waals surface area contributed by atoms with Crippen molar-refractivity contribution in [1.29, 1.82) is 0 Å². The maximum Gasteiger partial charge on any atom is 0.332 e. The number of nitrogens with zero attached hydrogens (tertiary/aromatic N) is 2. The lowest BCUT2D eigenvalue weighted by molar-refractivity contribution is -0.124. The molecule has 1 heterocycles. The summed E-state index contributed by atoms with van der Waals surface area (Å²) in [6.07, 6.45) is 3.47. The Labute approximate surface area is 168 Å². The molecule has 4 amide bonds. The first-order valence-electron chi connectivity index (χ1n) is 9.81. The number of amides is 4. The van der Waals surface area contributed by atoms with Crippen LogP contribution in [0.15, 0.2) is 54.6 Å². The van der Waals surface area contributed by atoms with Gasteiger partial charge in [0.05, 0.1) is 12.1 Å². The van der Waals surface area contributed by atoms with Gasteiger partial charge in [-0.15, -0.1) is 0 Å². The second-order valence-electron chi connectivity index (χ2n) is 7.42. The van der Waals surface area contributed by atoms with Gasteiger partial charge in [0.15, 0.2) is 0 Å². The zero-order valence-electron chi connectivity index (χ0n) is 15.9. The maximum atomic E-state index is 13.4. The molecule has 2 fully saturated rings. The van der Waals surface area contributed by atoms with Crippen molar-refractivity contribution in [3.05, 3.63) is 60.4 Å². The first-order chi connectivity index (χ1) is 14.0. The number of halogens is 1. The highest BCUT2D eigenvalue weighted by molar-refractivity contribution is 6.22. The Kier molecular flexibility index (Phi) is 5.29. The molecule has 2 aromatic carbocycles. The van der Waals surface area contributed by atoms with Gasteiger partial charge < -0.3 is 10.2 Å². The largest absolute Gasteiger partial charge is 0.332 e. The van der Waals surface area contributed by atoms with E-state index >= 15 is 0 Å². The summed E-state index contributed by atoms with van der Waals surface area (Å²) in [4.78, 5) is 41.6. The number of anilines is 2. The maximum absolute atomic E-state index is 13.4. The Balaban J connectivity index is 1.57. The first-order valence-corrected chi connectivity index (χ1v) is 9.81. The third kappa shape index (κ3) is 3.85. The molecule has 2 aromatic rings. The summed E-state index contributed by atoms with van der Waals surface area (Å²) in [5, 5.41) is 2.62. The summed E-state index contributed by atoms with van der Waals surface area (Å²) in [5.74, 6) is -1.29. The molecule has 0 radical (unpaired) electrons. The zero-order chi connectivity index (χ0) is 20.4. The van der Waals surface area contributed by atoms with E-state index in [4.69, 9.17) is 0 Å². The third-order valence-electron chi connectivity index (χ3n) is 5.47. The third-order valence-corrected chi connectivity index (χ3v) is 5.47.